The average Bonchev–Trinajstić information content (AvgIpc) is 2.53. The van der Waals surface area contributed by atoms with Crippen molar-refractivity contribution in [3.8, 4) is 11.5 Å². The van der Waals surface area contributed by atoms with Gasteiger partial charge in [0.2, 0.25) is 0 Å². The van der Waals surface area contributed by atoms with Crippen LogP contribution in [0.5, 0.6) is 11.5 Å². The zero-order valence-corrected chi connectivity index (χ0v) is 13.7. The largest absolute Gasteiger partial charge is 0.486 e. The quantitative estimate of drug-likeness (QED) is 0.864. The van der Waals surface area contributed by atoms with E-state index in [1.807, 2.05) is 0 Å². The molecule has 1 saturated heterocycles. The number of thioether (sulfide) groups is 1. The first-order valence-electron chi connectivity index (χ1n) is 7.64. The highest BCUT2D eigenvalue weighted by atomic mass is 32.2. The SMILES string of the molecule is CSc1cc2c(cc1CNC1CCN(C)CC1)OCCO2. The van der Waals surface area contributed by atoms with Gasteiger partial charge in [0.25, 0.3) is 0 Å². The molecule has 1 aromatic rings. The third-order valence-electron chi connectivity index (χ3n) is 4.24. The first-order valence-corrected chi connectivity index (χ1v) is 8.87. The molecule has 0 aromatic heterocycles. The van der Waals surface area contributed by atoms with Crippen LogP contribution in [-0.4, -0.2) is 50.5 Å². The summed E-state index contributed by atoms with van der Waals surface area (Å²) in [5.41, 5.74) is 1.31. The molecule has 0 bridgehead atoms. The van der Waals surface area contributed by atoms with Gasteiger partial charge in [0.1, 0.15) is 13.2 Å². The molecule has 2 aliphatic heterocycles. The Morgan fingerprint density at radius 1 is 1.19 bits per heavy atom. The fourth-order valence-electron chi connectivity index (χ4n) is 2.91. The maximum absolute atomic E-state index is 5.70. The van der Waals surface area contributed by atoms with Crippen LogP contribution in [0.3, 0.4) is 0 Å². The van der Waals surface area contributed by atoms with Crippen molar-refractivity contribution in [3.63, 3.8) is 0 Å². The molecule has 0 atom stereocenters. The topological polar surface area (TPSA) is 33.7 Å². The van der Waals surface area contributed by atoms with Gasteiger partial charge in [-0.2, -0.15) is 0 Å². The van der Waals surface area contributed by atoms with E-state index in [1.54, 1.807) is 11.8 Å². The summed E-state index contributed by atoms with van der Waals surface area (Å²) in [5.74, 6) is 1.77. The van der Waals surface area contributed by atoms with Gasteiger partial charge in [-0.1, -0.05) is 0 Å². The Balaban J connectivity index is 1.66. The van der Waals surface area contributed by atoms with E-state index in [1.165, 1.54) is 36.4 Å². The van der Waals surface area contributed by atoms with Crippen molar-refractivity contribution in [1.29, 1.82) is 0 Å². The maximum atomic E-state index is 5.70. The van der Waals surface area contributed by atoms with E-state index in [9.17, 15) is 0 Å². The Bertz CT molecular complexity index is 487. The summed E-state index contributed by atoms with van der Waals surface area (Å²) in [5, 5.41) is 3.70. The molecule has 0 spiro atoms. The minimum absolute atomic E-state index is 0.629. The predicted octanol–water partition coefficient (Wildman–Crippen LogP) is 2.36. The zero-order chi connectivity index (χ0) is 14.7. The Hall–Kier alpha value is -0.910. The Kier molecular flexibility index (Phi) is 4.93. The minimum Gasteiger partial charge on any atom is -0.486 e. The van der Waals surface area contributed by atoms with E-state index in [0.29, 0.717) is 19.3 Å². The molecule has 0 saturated carbocycles. The van der Waals surface area contributed by atoms with Crippen molar-refractivity contribution < 1.29 is 9.47 Å². The molecule has 1 N–H and O–H groups in total. The van der Waals surface area contributed by atoms with Crippen molar-refractivity contribution in [3.05, 3.63) is 17.7 Å². The van der Waals surface area contributed by atoms with E-state index in [4.69, 9.17) is 9.47 Å². The monoisotopic (exact) mass is 308 g/mol. The summed E-state index contributed by atoms with van der Waals surface area (Å²) in [6, 6.07) is 4.89. The van der Waals surface area contributed by atoms with Gasteiger partial charge in [-0.3, -0.25) is 0 Å². The standard InChI is InChI=1S/C16H24N2O2S/c1-18-5-3-13(4-6-18)17-11-12-9-14-15(10-16(12)21-2)20-8-7-19-14/h9-10,13,17H,3-8,11H2,1-2H3. The molecule has 21 heavy (non-hydrogen) atoms. The lowest BCUT2D eigenvalue weighted by molar-refractivity contribution is 0.170. The lowest BCUT2D eigenvalue weighted by Gasteiger charge is -2.30. The second-order valence-electron chi connectivity index (χ2n) is 5.77. The van der Waals surface area contributed by atoms with Crippen LogP contribution in [0, 0.1) is 0 Å². The number of benzene rings is 1. The van der Waals surface area contributed by atoms with Gasteiger partial charge in [-0.25, -0.2) is 0 Å². The molecule has 1 aromatic carbocycles. The van der Waals surface area contributed by atoms with E-state index >= 15 is 0 Å². The summed E-state index contributed by atoms with van der Waals surface area (Å²) >= 11 is 1.77. The summed E-state index contributed by atoms with van der Waals surface area (Å²) in [6.07, 6.45) is 4.58. The predicted molar refractivity (Wildman–Crippen MR) is 86.6 cm³/mol. The molecule has 116 valence electrons. The van der Waals surface area contributed by atoms with E-state index < -0.39 is 0 Å². The number of nitrogens with zero attached hydrogens (tertiary/aromatic N) is 1. The Morgan fingerprint density at radius 3 is 2.52 bits per heavy atom. The number of likely N-dealkylation sites (tertiary alicyclic amines) is 1. The van der Waals surface area contributed by atoms with E-state index in [-0.39, 0.29) is 0 Å². The van der Waals surface area contributed by atoms with Crippen molar-refractivity contribution in [1.82, 2.24) is 10.2 Å². The molecule has 3 rings (SSSR count). The Labute approximate surface area is 131 Å². The van der Waals surface area contributed by atoms with Gasteiger partial charge in [0.15, 0.2) is 11.5 Å². The number of rotatable bonds is 4. The van der Waals surface area contributed by atoms with Gasteiger partial charge in [-0.15, -0.1) is 11.8 Å². The summed E-state index contributed by atoms with van der Waals surface area (Å²) < 4.78 is 11.4. The summed E-state index contributed by atoms with van der Waals surface area (Å²) in [4.78, 5) is 3.68. The number of ether oxygens (including phenoxy) is 2. The third-order valence-corrected chi connectivity index (χ3v) is 5.06. The highest BCUT2D eigenvalue weighted by Gasteiger charge is 2.18. The van der Waals surface area contributed by atoms with Crippen LogP contribution in [0.15, 0.2) is 17.0 Å². The number of fused-ring (bicyclic) bond motifs is 1. The summed E-state index contributed by atoms with van der Waals surface area (Å²) in [6.45, 7) is 4.57. The summed E-state index contributed by atoms with van der Waals surface area (Å²) in [7, 11) is 2.20. The molecule has 0 amide bonds. The molecule has 0 unspecified atom stereocenters. The molecule has 2 aliphatic rings. The van der Waals surface area contributed by atoms with Gasteiger partial charge in [0, 0.05) is 17.5 Å². The van der Waals surface area contributed by atoms with Crippen LogP contribution >= 0.6 is 11.8 Å². The molecule has 1 fully saturated rings. The fraction of sp³-hybridized carbons (Fsp3) is 0.625. The molecule has 0 aliphatic carbocycles. The molecule has 5 heteroatoms. The average molecular weight is 308 g/mol. The van der Waals surface area contributed by atoms with Crippen molar-refractivity contribution in [2.24, 2.45) is 0 Å². The molecule has 2 heterocycles. The lowest BCUT2D eigenvalue weighted by atomic mass is 10.0. The molecule has 0 radical (unpaired) electrons. The van der Waals surface area contributed by atoms with Gasteiger partial charge in [0.05, 0.1) is 0 Å². The minimum atomic E-state index is 0.629. The molecule has 4 nitrogen and oxygen atoms in total. The van der Waals surface area contributed by atoms with Crippen molar-refractivity contribution in [2.75, 3.05) is 39.6 Å². The number of piperidine rings is 1. The smallest absolute Gasteiger partial charge is 0.162 e. The van der Waals surface area contributed by atoms with E-state index in [0.717, 1.165) is 18.0 Å². The van der Waals surface area contributed by atoms with Crippen LogP contribution < -0.4 is 14.8 Å². The van der Waals surface area contributed by atoms with Crippen LogP contribution in [0.4, 0.5) is 0 Å². The van der Waals surface area contributed by atoms with Crippen LogP contribution in [-0.2, 0) is 6.54 Å². The first kappa shape index (κ1) is 15.0. The second kappa shape index (κ2) is 6.90. The molecular weight excluding hydrogens is 284 g/mol. The second-order valence-corrected chi connectivity index (χ2v) is 6.61. The highest BCUT2D eigenvalue weighted by Crippen LogP contribution is 2.36. The maximum Gasteiger partial charge on any atom is 0.162 e. The van der Waals surface area contributed by atoms with Crippen molar-refractivity contribution in [2.45, 2.75) is 30.3 Å². The van der Waals surface area contributed by atoms with Gasteiger partial charge >= 0.3 is 0 Å². The highest BCUT2D eigenvalue weighted by molar-refractivity contribution is 7.98. The number of nitrogens with one attached hydrogen (secondary N) is 1. The van der Waals surface area contributed by atoms with Gasteiger partial charge < -0.3 is 19.7 Å². The van der Waals surface area contributed by atoms with Crippen molar-refractivity contribution >= 4 is 11.8 Å². The normalized spacial score (nSPS) is 19.7. The van der Waals surface area contributed by atoms with Crippen LogP contribution in [0.1, 0.15) is 18.4 Å². The lowest BCUT2D eigenvalue weighted by Crippen LogP contribution is -2.40. The number of hydrogen-bond acceptors (Lipinski definition) is 5. The van der Waals surface area contributed by atoms with Crippen LogP contribution in [0.2, 0.25) is 0 Å². The number of hydrogen-bond donors (Lipinski definition) is 1. The van der Waals surface area contributed by atoms with E-state index in [2.05, 4.69) is 35.7 Å². The first-order chi connectivity index (χ1) is 10.3. The van der Waals surface area contributed by atoms with Crippen LogP contribution in [0.25, 0.3) is 0 Å². The van der Waals surface area contributed by atoms with Gasteiger partial charge in [-0.05, 0) is 56.9 Å². The fourth-order valence-corrected chi connectivity index (χ4v) is 3.53. The third kappa shape index (κ3) is 3.65. The zero-order valence-electron chi connectivity index (χ0n) is 12.9. The Morgan fingerprint density at radius 2 is 1.86 bits per heavy atom. The molecular formula is C16H24N2O2S.